The van der Waals surface area contributed by atoms with E-state index in [1.807, 2.05) is 6.08 Å². The number of carbonyl (C=O) groups is 1. The zero-order valence-electron chi connectivity index (χ0n) is 20.9. The molecule has 184 valence electrons. The predicted molar refractivity (Wildman–Crippen MR) is 132 cm³/mol. The number of unbranched alkanes of at least 4 members (excludes halogenated alkanes) is 6. The summed E-state index contributed by atoms with van der Waals surface area (Å²) in [5.41, 5.74) is -0.201. The molecule has 0 aromatic heterocycles. The molecule has 0 saturated heterocycles. The molecule has 3 aliphatic carbocycles. The van der Waals surface area contributed by atoms with Crippen LogP contribution in [0.5, 0.6) is 0 Å². The third-order valence-corrected chi connectivity index (χ3v) is 9.15. The second-order valence-corrected chi connectivity index (χ2v) is 11.3. The maximum atomic E-state index is 13.5. The summed E-state index contributed by atoms with van der Waals surface area (Å²) in [6.45, 7) is 4.46. The summed E-state index contributed by atoms with van der Waals surface area (Å²) in [7, 11) is 0. The summed E-state index contributed by atoms with van der Waals surface area (Å²) in [6.07, 6.45) is 22.5. The van der Waals surface area contributed by atoms with Crippen LogP contribution in [0.25, 0.3) is 0 Å². The Labute approximate surface area is 197 Å². The van der Waals surface area contributed by atoms with Crippen molar-refractivity contribution in [1.29, 1.82) is 0 Å². The SMILES string of the molecule is CCCCCCC1C(=O)[C@]2(CCCCCC)CC[C@H](O)[C@@H](/C=C/[C@@H](O)C3CCCCC3)[C@H]12. The van der Waals surface area contributed by atoms with E-state index in [1.54, 1.807) is 0 Å². The maximum absolute atomic E-state index is 13.5. The number of ketones is 1. The van der Waals surface area contributed by atoms with Gasteiger partial charge in [-0.1, -0.05) is 96.6 Å². The summed E-state index contributed by atoms with van der Waals surface area (Å²) in [4.78, 5) is 13.5. The number of fused-ring (bicyclic) bond motifs is 1. The molecule has 3 aliphatic rings. The van der Waals surface area contributed by atoms with Crippen molar-refractivity contribution >= 4 is 5.78 Å². The first kappa shape index (κ1) is 25.9. The molecule has 3 fully saturated rings. The minimum absolute atomic E-state index is 0.0297. The molecule has 6 atom stereocenters. The van der Waals surface area contributed by atoms with Gasteiger partial charge in [0.2, 0.25) is 0 Å². The monoisotopic (exact) mass is 446 g/mol. The molecule has 0 aliphatic heterocycles. The molecule has 3 rings (SSSR count). The molecule has 0 heterocycles. The van der Waals surface area contributed by atoms with E-state index in [-0.39, 0.29) is 29.3 Å². The Morgan fingerprint density at radius 3 is 2.34 bits per heavy atom. The molecule has 0 spiro atoms. The average Bonchev–Trinajstić information content (AvgIpc) is 2.82. The zero-order chi connectivity index (χ0) is 23.0. The van der Waals surface area contributed by atoms with Crippen molar-refractivity contribution in [2.45, 2.75) is 135 Å². The second kappa shape index (κ2) is 12.7. The van der Waals surface area contributed by atoms with Crippen molar-refractivity contribution in [3.63, 3.8) is 0 Å². The van der Waals surface area contributed by atoms with Gasteiger partial charge in [0.1, 0.15) is 5.78 Å². The quantitative estimate of drug-likeness (QED) is 0.237. The van der Waals surface area contributed by atoms with E-state index in [0.717, 1.165) is 51.4 Å². The van der Waals surface area contributed by atoms with Crippen LogP contribution in [0.3, 0.4) is 0 Å². The van der Waals surface area contributed by atoms with Crippen LogP contribution in [0.2, 0.25) is 0 Å². The molecule has 0 aromatic carbocycles. The van der Waals surface area contributed by atoms with Crippen molar-refractivity contribution in [3.05, 3.63) is 12.2 Å². The molecule has 3 heteroatoms. The molecular formula is C29H50O3. The largest absolute Gasteiger partial charge is 0.393 e. The fourth-order valence-electron chi connectivity index (χ4n) is 7.26. The Balaban J connectivity index is 1.72. The van der Waals surface area contributed by atoms with Gasteiger partial charge in [0.15, 0.2) is 0 Å². The minimum Gasteiger partial charge on any atom is -0.393 e. The van der Waals surface area contributed by atoms with Gasteiger partial charge in [-0.25, -0.2) is 0 Å². The van der Waals surface area contributed by atoms with Crippen LogP contribution in [0.1, 0.15) is 123 Å². The number of hydrogen-bond acceptors (Lipinski definition) is 3. The Morgan fingerprint density at radius 1 is 0.969 bits per heavy atom. The van der Waals surface area contributed by atoms with Gasteiger partial charge in [-0.3, -0.25) is 4.79 Å². The summed E-state index contributed by atoms with van der Waals surface area (Å²) >= 11 is 0. The Kier molecular flexibility index (Phi) is 10.3. The lowest BCUT2D eigenvalue weighted by Gasteiger charge is -2.60. The topological polar surface area (TPSA) is 57.5 Å². The molecule has 32 heavy (non-hydrogen) atoms. The first-order valence-electron chi connectivity index (χ1n) is 14.1. The van der Waals surface area contributed by atoms with E-state index in [0.29, 0.717) is 11.7 Å². The maximum Gasteiger partial charge on any atom is 0.142 e. The van der Waals surface area contributed by atoms with Crippen molar-refractivity contribution in [2.75, 3.05) is 0 Å². The lowest BCUT2D eigenvalue weighted by atomic mass is 9.42. The highest BCUT2D eigenvalue weighted by molar-refractivity contribution is 5.94. The van der Waals surface area contributed by atoms with Crippen LogP contribution in [0, 0.1) is 29.1 Å². The fourth-order valence-corrected chi connectivity index (χ4v) is 7.26. The Bertz CT molecular complexity index is 593. The Hall–Kier alpha value is -0.670. The van der Waals surface area contributed by atoms with Crippen LogP contribution in [-0.4, -0.2) is 28.2 Å². The van der Waals surface area contributed by atoms with Crippen molar-refractivity contribution in [2.24, 2.45) is 29.1 Å². The number of aliphatic hydroxyl groups is 2. The average molecular weight is 447 g/mol. The molecular weight excluding hydrogens is 396 g/mol. The van der Waals surface area contributed by atoms with Crippen LogP contribution in [-0.2, 0) is 4.79 Å². The molecule has 0 amide bonds. The van der Waals surface area contributed by atoms with E-state index >= 15 is 0 Å². The summed E-state index contributed by atoms with van der Waals surface area (Å²) in [5, 5.41) is 21.8. The van der Waals surface area contributed by atoms with Gasteiger partial charge in [0, 0.05) is 17.3 Å². The van der Waals surface area contributed by atoms with E-state index in [4.69, 9.17) is 0 Å². The lowest BCUT2D eigenvalue weighted by Crippen LogP contribution is -2.64. The highest BCUT2D eigenvalue weighted by Crippen LogP contribution is 2.62. The molecule has 3 saturated carbocycles. The smallest absolute Gasteiger partial charge is 0.142 e. The molecule has 3 nitrogen and oxygen atoms in total. The van der Waals surface area contributed by atoms with Crippen molar-refractivity contribution in [1.82, 2.24) is 0 Å². The molecule has 0 radical (unpaired) electrons. The molecule has 0 aromatic rings. The summed E-state index contributed by atoms with van der Waals surface area (Å²) in [5.74, 6) is 1.30. The number of Topliss-reactive ketones (excluding diaryl/α,β-unsaturated/α-hetero) is 1. The van der Waals surface area contributed by atoms with Crippen LogP contribution in [0.15, 0.2) is 12.2 Å². The number of rotatable bonds is 13. The third-order valence-electron chi connectivity index (χ3n) is 9.15. The van der Waals surface area contributed by atoms with Gasteiger partial charge in [-0.15, -0.1) is 0 Å². The lowest BCUT2D eigenvalue weighted by molar-refractivity contribution is -0.178. The van der Waals surface area contributed by atoms with E-state index in [2.05, 4.69) is 19.9 Å². The number of hydrogen-bond donors (Lipinski definition) is 2. The number of aliphatic hydroxyl groups excluding tert-OH is 2. The Morgan fingerprint density at radius 2 is 1.66 bits per heavy atom. The normalized spacial score (nSPS) is 34.4. The number of carbonyl (C=O) groups excluding carboxylic acids is 1. The standard InChI is InChI=1S/C29H50O3/c1-3-5-7-12-16-24-27-23(17-18-25(30)22-14-10-9-11-15-22)26(31)19-21-29(27,28(24)32)20-13-8-6-4-2/h17-18,22-27,30-31H,3-16,19-21H2,1-2H3/b18-17+/t23-,24?,25-,26+,27-,29-/m1/s1. The first-order chi connectivity index (χ1) is 15.5. The van der Waals surface area contributed by atoms with Gasteiger partial charge < -0.3 is 10.2 Å². The highest BCUT2D eigenvalue weighted by atomic mass is 16.3. The minimum atomic E-state index is -0.401. The predicted octanol–water partition coefficient (Wildman–Crippen LogP) is 7.00. The summed E-state index contributed by atoms with van der Waals surface area (Å²) < 4.78 is 0. The van der Waals surface area contributed by atoms with Gasteiger partial charge in [-0.2, -0.15) is 0 Å². The van der Waals surface area contributed by atoms with E-state index in [9.17, 15) is 15.0 Å². The van der Waals surface area contributed by atoms with Gasteiger partial charge >= 0.3 is 0 Å². The van der Waals surface area contributed by atoms with Crippen molar-refractivity contribution in [3.8, 4) is 0 Å². The highest BCUT2D eigenvalue weighted by Gasteiger charge is 2.64. The summed E-state index contributed by atoms with van der Waals surface area (Å²) in [6, 6.07) is 0. The van der Waals surface area contributed by atoms with Gasteiger partial charge in [0.25, 0.3) is 0 Å². The van der Waals surface area contributed by atoms with Crippen molar-refractivity contribution < 1.29 is 15.0 Å². The third kappa shape index (κ3) is 5.87. The first-order valence-corrected chi connectivity index (χ1v) is 14.1. The van der Waals surface area contributed by atoms with E-state index in [1.165, 1.54) is 57.8 Å². The second-order valence-electron chi connectivity index (χ2n) is 11.3. The molecule has 1 unspecified atom stereocenters. The zero-order valence-corrected chi connectivity index (χ0v) is 20.9. The van der Waals surface area contributed by atoms with E-state index < -0.39 is 6.10 Å². The van der Waals surface area contributed by atoms with Crippen LogP contribution >= 0.6 is 0 Å². The van der Waals surface area contributed by atoms with Crippen LogP contribution < -0.4 is 0 Å². The van der Waals surface area contributed by atoms with Gasteiger partial charge in [-0.05, 0) is 50.4 Å². The molecule has 2 N–H and O–H groups in total. The fraction of sp³-hybridized carbons (Fsp3) is 0.897. The molecule has 0 bridgehead atoms. The van der Waals surface area contributed by atoms with Gasteiger partial charge in [0.05, 0.1) is 12.2 Å². The van der Waals surface area contributed by atoms with Crippen LogP contribution in [0.4, 0.5) is 0 Å².